The number of amides is 4. The SMILES string of the molecule is CC(C)(C)OC(=O)N1CCCC(NC(=O)[C@@H]2CC[C@@H]3CN2C(=O)N3OCc2ccccc2)CCC1. The van der Waals surface area contributed by atoms with Crippen LogP contribution in [0.25, 0.3) is 0 Å². The summed E-state index contributed by atoms with van der Waals surface area (Å²) in [4.78, 5) is 47.8. The summed E-state index contributed by atoms with van der Waals surface area (Å²) in [5, 5.41) is 4.65. The number of urea groups is 1. The van der Waals surface area contributed by atoms with Crippen LogP contribution in [-0.2, 0) is 21.0 Å². The van der Waals surface area contributed by atoms with E-state index < -0.39 is 11.6 Å². The molecule has 3 heterocycles. The molecule has 0 spiro atoms. The molecule has 0 saturated carbocycles. The van der Waals surface area contributed by atoms with Crippen LogP contribution in [0.3, 0.4) is 0 Å². The average Bonchev–Trinajstić information content (AvgIpc) is 3.02. The molecule has 2 bridgehead atoms. The van der Waals surface area contributed by atoms with Gasteiger partial charge in [0.05, 0.1) is 6.04 Å². The van der Waals surface area contributed by atoms with Gasteiger partial charge in [0.2, 0.25) is 5.91 Å². The topological polar surface area (TPSA) is 91.4 Å². The van der Waals surface area contributed by atoms with E-state index in [-0.39, 0.29) is 30.1 Å². The second kappa shape index (κ2) is 10.8. The number of likely N-dealkylation sites (tertiary alicyclic amines) is 1. The number of nitrogens with zero attached hydrogens (tertiary/aromatic N) is 3. The largest absolute Gasteiger partial charge is 0.444 e. The van der Waals surface area contributed by atoms with E-state index in [1.54, 1.807) is 9.80 Å². The predicted octanol–water partition coefficient (Wildman–Crippen LogP) is 3.68. The molecule has 0 aromatic heterocycles. The fraction of sp³-hybridized carbons (Fsp3) is 0.654. The van der Waals surface area contributed by atoms with E-state index in [0.29, 0.717) is 32.7 Å². The summed E-state index contributed by atoms with van der Waals surface area (Å²) in [5.74, 6) is -0.0868. The standard InChI is InChI=1S/C26H38N4O5/c1-26(2,3)35-25(33)28-15-7-11-20(12-8-16-28)27-23(31)22-14-13-21-17-29(22)24(32)30(21)34-18-19-9-5-4-6-10-19/h4-6,9-10,20-22H,7-8,11-18H2,1-3H3,(H,27,31)/t21-,22+/m1/s1. The van der Waals surface area contributed by atoms with Gasteiger partial charge >= 0.3 is 12.1 Å². The van der Waals surface area contributed by atoms with Gasteiger partial charge in [-0.1, -0.05) is 30.3 Å². The van der Waals surface area contributed by atoms with Gasteiger partial charge in [-0.05, 0) is 64.9 Å². The Hall–Kier alpha value is -2.81. The lowest BCUT2D eigenvalue weighted by atomic mass is 9.98. The lowest BCUT2D eigenvalue weighted by Gasteiger charge is -2.33. The Labute approximate surface area is 207 Å². The van der Waals surface area contributed by atoms with Crippen LogP contribution < -0.4 is 5.32 Å². The molecule has 1 aromatic carbocycles. The number of carbonyl (C=O) groups is 3. The van der Waals surface area contributed by atoms with Crippen molar-refractivity contribution < 1.29 is 24.0 Å². The Kier molecular flexibility index (Phi) is 7.84. The molecule has 0 radical (unpaired) electrons. The number of fused-ring (bicyclic) bond motifs is 2. The molecule has 192 valence electrons. The maximum absolute atomic E-state index is 13.2. The van der Waals surface area contributed by atoms with Crippen molar-refractivity contribution in [1.82, 2.24) is 20.2 Å². The third kappa shape index (κ3) is 6.45. The number of hydrogen-bond donors (Lipinski definition) is 1. The van der Waals surface area contributed by atoms with Crippen LogP contribution in [0.5, 0.6) is 0 Å². The summed E-state index contributed by atoms with van der Waals surface area (Å²) < 4.78 is 5.50. The molecule has 3 saturated heterocycles. The zero-order chi connectivity index (χ0) is 25.0. The first-order chi connectivity index (χ1) is 16.7. The highest BCUT2D eigenvalue weighted by molar-refractivity contribution is 5.88. The highest BCUT2D eigenvalue weighted by Crippen LogP contribution is 2.31. The van der Waals surface area contributed by atoms with Gasteiger partial charge in [-0.15, -0.1) is 0 Å². The highest BCUT2D eigenvalue weighted by Gasteiger charge is 2.48. The van der Waals surface area contributed by atoms with E-state index in [9.17, 15) is 14.4 Å². The predicted molar refractivity (Wildman–Crippen MR) is 130 cm³/mol. The summed E-state index contributed by atoms with van der Waals surface area (Å²) in [6.45, 7) is 7.68. The Bertz CT molecular complexity index is 893. The molecule has 0 unspecified atom stereocenters. The molecule has 9 heteroatoms. The average molecular weight is 487 g/mol. The molecule has 2 atom stereocenters. The van der Waals surface area contributed by atoms with E-state index in [1.165, 1.54) is 5.06 Å². The van der Waals surface area contributed by atoms with Crippen LogP contribution in [0.15, 0.2) is 30.3 Å². The number of rotatable bonds is 5. The van der Waals surface area contributed by atoms with Crippen molar-refractivity contribution in [3.05, 3.63) is 35.9 Å². The fourth-order valence-electron chi connectivity index (χ4n) is 5.05. The van der Waals surface area contributed by atoms with Crippen molar-refractivity contribution >= 4 is 18.0 Å². The molecule has 9 nitrogen and oxygen atoms in total. The van der Waals surface area contributed by atoms with Crippen molar-refractivity contribution in [3.8, 4) is 0 Å². The molecule has 3 aliphatic rings. The van der Waals surface area contributed by atoms with E-state index in [1.807, 2.05) is 51.1 Å². The minimum atomic E-state index is -0.510. The van der Waals surface area contributed by atoms with Gasteiger partial charge in [-0.25, -0.2) is 9.59 Å². The van der Waals surface area contributed by atoms with E-state index in [0.717, 1.165) is 37.7 Å². The third-order valence-electron chi connectivity index (χ3n) is 6.80. The summed E-state index contributed by atoms with van der Waals surface area (Å²) in [6.07, 6.45) is 4.27. The number of nitrogens with one attached hydrogen (secondary N) is 1. The summed E-state index contributed by atoms with van der Waals surface area (Å²) in [5.41, 5.74) is 0.491. The monoisotopic (exact) mass is 486 g/mol. The van der Waals surface area contributed by atoms with Crippen molar-refractivity contribution in [3.63, 3.8) is 0 Å². The van der Waals surface area contributed by atoms with Crippen molar-refractivity contribution in [2.24, 2.45) is 0 Å². The number of hydroxylamine groups is 2. The third-order valence-corrected chi connectivity index (χ3v) is 6.80. The second-order valence-corrected chi connectivity index (χ2v) is 10.7. The van der Waals surface area contributed by atoms with Crippen molar-refractivity contribution in [2.45, 2.75) is 89.6 Å². The van der Waals surface area contributed by atoms with E-state index in [2.05, 4.69) is 5.32 Å². The Morgan fingerprint density at radius 3 is 2.37 bits per heavy atom. The van der Waals surface area contributed by atoms with Gasteiger partial charge in [-0.2, -0.15) is 5.06 Å². The van der Waals surface area contributed by atoms with E-state index >= 15 is 0 Å². The van der Waals surface area contributed by atoms with Gasteiger partial charge < -0.3 is 19.9 Å². The lowest BCUT2D eigenvalue weighted by molar-refractivity contribution is -0.140. The molecule has 3 aliphatic heterocycles. The first-order valence-corrected chi connectivity index (χ1v) is 12.8. The van der Waals surface area contributed by atoms with Crippen LogP contribution in [0.4, 0.5) is 9.59 Å². The minimum absolute atomic E-state index is 0.0181. The smallest absolute Gasteiger partial charge is 0.410 e. The fourth-order valence-corrected chi connectivity index (χ4v) is 5.05. The number of ether oxygens (including phenoxy) is 1. The summed E-state index contributed by atoms with van der Waals surface area (Å²) in [7, 11) is 0. The van der Waals surface area contributed by atoms with Crippen LogP contribution in [0.2, 0.25) is 0 Å². The number of hydrogen-bond acceptors (Lipinski definition) is 5. The Balaban J connectivity index is 1.26. The van der Waals surface area contributed by atoms with Gasteiger partial charge in [0.15, 0.2) is 0 Å². The minimum Gasteiger partial charge on any atom is -0.444 e. The van der Waals surface area contributed by atoms with Gasteiger partial charge in [0, 0.05) is 25.7 Å². The molecule has 1 aromatic rings. The second-order valence-electron chi connectivity index (χ2n) is 10.7. The summed E-state index contributed by atoms with van der Waals surface area (Å²) in [6, 6.07) is 9.09. The van der Waals surface area contributed by atoms with Gasteiger partial charge in [0.1, 0.15) is 18.2 Å². The van der Waals surface area contributed by atoms with Gasteiger partial charge in [0.25, 0.3) is 0 Å². The highest BCUT2D eigenvalue weighted by atomic mass is 16.7. The van der Waals surface area contributed by atoms with Crippen molar-refractivity contribution in [1.29, 1.82) is 0 Å². The normalized spacial score (nSPS) is 23.6. The van der Waals surface area contributed by atoms with Crippen LogP contribution in [-0.4, -0.2) is 76.3 Å². The lowest BCUT2D eigenvalue weighted by Crippen LogP contribution is -2.52. The molecule has 35 heavy (non-hydrogen) atoms. The van der Waals surface area contributed by atoms with E-state index in [4.69, 9.17) is 9.57 Å². The number of benzene rings is 1. The van der Waals surface area contributed by atoms with Gasteiger partial charge in [-0.3, -0.25) is 9.63 Å². The zero-order valence-corrected chi connectivity index (χ0v) is 21.1. The number of carbonyl (C=O) groups excluding carboxylic acids is 3. The summed E-state index contributed by atoms with van der Waals surface area (Å²) >= 11 is 0. The quantitative estimate of drug-likeness (QED) is 0.686. The molecule has 3 fully saturated rings. The first-order valence-electron chi connectivity index (χ1n) is 12.8. The Morgan fingerprint density at radius 2 is 1.71 bits per heavy atom. The van der Waals surface area contributed by atoms with Crippen LogP contribution in [0.1, 0.15) is 64.9 Å². The maximum atomic E-state index is 13.2. The number of piperidine rings is 1. The zero-order valence-electron chi connectivity index (χ0n) is 21.1. The van der Waals surface area contributed by atoms with Crippen LogP contribution >= 0.6 is 0 Å². The van der Waals surface area contributed by atoms with Crippen LogP contribution in [0, 0.1) is 0 Å². The first kappa shape index (κ1) is 25.3. The molecular formula is C26H38N4O5. The molecule has 4 amide bonds. The molecular weight excluding hydrogens is 448 g/mol. The Morgan fingerprint density at radius 1 is 1.03 bits per heavy atom. The molecule has 1 N–H and O–H groups in total. The van der Waals surface area contributed by atoms with Crippen molar-refractivity contribution in [2.75, 3.05) is 19.6 Å². The molecule has 0 aliphatic carbocycles. The molecule has 4 rings (SSSR count). The maximum Gasteiger partial charge on any atom is 0.410 e.